The molecule has 4 atom stereocenters. The minimum absolute atomic E-state index is 0. The van der Waals surface area contributed by atoms with Gasteiger partial charge in [0, 0.05) is 23.6 Å². The van der Waals surface area contributed by atoms with E-state index in [1.165, 1.54) is 5.56 Å². The molecule has 1 aliphatic carbocycles. The molecule has 0 spiro atoms. The Kier molecular flexibility index (Phi) is 3.31. The van der Waals surface area contributed by atoms with Gasteiger partial charge in [-0.1, -0.05) is 12.2 Å². The Morgan fingerprint density at radius 1 is 1.39 bits per heavy atom. The number of hydrogen-bond acceptors (Lipinski definition) is 5. The number of methoxy groups -OCH3 is 1. The van der Waals surface area contributed by atoms with Crippen LogP contribution in [0.2, 0.25) is 0 Å². The zero-order valence-electron chi connectivity index (χ0n) is 12.9. The molecule has 23 heavy (non-hydrogen) atoms. The van der Waals surface area contributed by atoms with Crippen LogP contribution in [-0.2, 0) is 12.0 Å². The summed E-state index contributed by atoms with van der Waals surface area (Å²) < 4.78 is 16.9. The third-order valence-corrected chi connectivity index (χ3v) is 5.84. The van der Waals surface area contributed by atoms with E-state index in [1.54, 1.807) is 7.11 Å². The van der Waals surface area contributed by atoms with Crippen molar-refractivity contribution in [3.63, 3.8) is 0 Å². The molecule has 5 rings (SSSR count). The van der Waals surface area contributed by atoms with Crippen LogP contribution in [-0.4, -0.2) is 42.6 Å². The van der Waals surface area contributed by atoms with Crippen molar-refractivity contribution in [1.29, 1.82) is 0 Å². The first kappa shape index (κ1) is 15.1. The monoisotopic (exact) mass is 337 g/mol. The standard InChI is InChI=1S/C17H19NO4.ClH/c1-20-15-10-8-18-6-5-17(13(18)3-2-4-14(17)19)11(10)7-12-16(15)22-9-21-12;/h2,4,7,13-14,19H,3,5-6,8-9H2,1H3;1H/t13-,14-,17+;/m1./s1. The zero-order valence-corrected chi connectivity index (χ0v) is 13.8. The lowest BCUT2D eigenvalue weighted by atomic mass is 9.64. The van der Waals surface area contributed by atoms with Crippen molar-refractivity contribution in [3.8, 4) is 17.2 Å². The van der Waals surface area contributed by atoms with Gasteiger partial charge in [-0.25, -0.2) is 0 Å². The van der Waals surface area contributed by atoms with Gasteiger partial charge in [0.25, 0.3) is 0 Å². The molecule has 1 unspecified atom stereocenters. The average Bonchev–Trinajstić information content (AvgIpc) is 3.09. The highest BCUT2D eigenvalue weighted by molar-refractivity contribution is 5.85. The van der Waals surface area contributed by atoms with Crippen LogP contribution in [0.25, 0.3) is 0 Å². The number of aliphatic hydroxyl groups excluding tert-OH is 1. The molecule has 3 aliphatic heterocycles. The molecule has 0 radical (unpaired) electrons. The third kappa shape index (κ3) is 1.70. The number of aliphatic hydroxyl groups is 1. The van der Waals surface area contributed by atoms with Crippen LogP contribution >= 0.6 is 12.4 Å². The largest absolute Gasteiger partial charge is 0.492 e. The van der Waals surface area contributed by atoms with Crippen molar-refractivity contribution in [3.05, 3.63) is 29.3 Å². The van der Waals surface area contributed by atoms with Crippen LogP contribution in [0.4, 0.5) is 0 Å². The molecule has 0 amide bonds. The van der Waals surface area contributed by atoms with Crippen LogP contribution in [0.1, 0.15) is 24.0 Å². The SMILES string of the molecule is COc1c2c(cc3c1OCO3)[C@@]13CCN(C2)[C@@H]1CC=C[C@H]3O.Cl. The lowest BCUT2D eigenvalue weighted by Crippen LogP contribution is -2.54. The topological polar surface area (TPSA) is 51.2 Å². The first-order valence-electron chi connectivity index (χ1n) is 7.84. The van der Waals surface area contributed by atoms with Crippen LogP contribution < -0.4 is 14.2 Å². The molecule has 0 aromatic heterocycles. The summed E-state index contributed by atoms with van der Waals surface area (Å²) in [6, 6.07) is 2.45. The maximum atomic E-state index is 10.8. The summed E-state index contributed by atoms with van der Waals surface area (Å²) in [4.78, 5) is 2.47. The summed E-state index contributed by atoms with van der Waals surface area (Å²) in [7, 11) is 1.68. The summed E-state index contributed by atoms with van der Waals surface area (Å²) in [5.41, 5.74) is 2.09. The molecule has 1 aromatic rings. The molecule has 2 bridgehead atoms. The Bertz CT molecular complexity index is 692. The molecule has 1 fully saturated rings. The molecule has 6 heteroatoms. The second-order valence-corrected chi connectivity index (χ2v) is 6.56. The fourth-order valence-electron chi connectivity index (χ4n) is 4.89. The quantitative estimate of drug-likeness (QED) is 0.794. The molecule has 124 valence electrons. The van der Waals surface area contributed by atoms with Gasteiger partial charge in [0.2, 0.25) is 12.5 Å². The van der Waals surface area contributed by atoms with Crippen molar-refractivity contribution >= 4 is 12.4 Å². The van der Waals surface area contributed by atoms with E-state index in [1.807, 2.05) is 6.08 Å². The Hall–Kier alpha value is -1.43. The van der Waals surface area contributed by atoms with Gasteiger partial charge in [-0.2, -0.15) is 0 Å². The zero-order chi connectivity index (χ0) is 14.9. The number of fused-ring (bicyclic) bond motifs is 2. The van der Waals surface area contributed by atoms with Crippen LogP contribution in [0.5, 0.6) is 17.2 Å². The number of rotatable bonds is 1. The van der Waals surface area contributed by atoms with Gasteiger partial charge < -0.3 is 19.3 Å². The van der Waals surface area contributed by atoms with Gasteiger partial charge in [0.15, 0.2) is 11.5 Å². The van der Waals surface area contributed by atoms with Crippen molar-refractivity contribution in [2.75, 3.05) is 20.4 Å². The summed E-state index contributed by atoms with van der Waals surface area (Å²) in [6.07, 6.45) is 5.57. The Morgan fingerprint density at radius 3 is 3.09 bits per heavy atom. The van der Waals surface area contributed by atoms with Gasteiger partial charge in [-0.05, 0) is 31.0 Å². The van der Waals surface area contributed by atoms with Gasteiger partial charge in [0.05, 0.1) is 13.2 Å². The molecule has 4 aliphatic rings. The van der Waals surface area contributed by atoms with Crippen molar-refractivity contribution in [2.24, 2.45) is 0 Å². The Balaban J connectivity index is 0.00000135. The average molecular weight is 338 g/mol. The summed E-state index contributed by atoms with van der Waals surface area (Å²) in [5.74, 6) is 2.22. The van der Waals surface area contributed by atoms with Gasteiger partial charge in [-0.3, -0.25) is 4.90 Å². The maximum Gasteiger partial charge on any atom is 0.231 e. The molecule has 3 heterocycles. The number of nitrogens with zero attached hydrogens (tertiary/aromatic N) is 1. The van der Waals surface area contributed by atoms with E-state index in [-0.39, 0.29) is 24.6 Å². The molecule has 1 N–H and O–H groups in total. The molecular formula is C17H20ClNO4. The molecule has 0 saturated carbocycles. The van der Waals surface area contributed by atoms with Crippen molar-refractivity contribution in [2.45, 2.75) is 36.9 Å². The number of hydrogen-bond donors (Lipinski definition) is 1. The minimum Gasteiger partial charge on any atom is -0.492 e. The number of halogens is 1. The molecular weight excluding hydrogens is 318 g/mol. The second-order valence-electron chi connectivity index (χ2n) is 6.56. The Morgan fingerprint density at radius 2 is 2.26 bits per heavy atom. The molecule has 5 nitrogen and oxygen atoms in total. The van der Waals surface area contributed by atoms with E-state index in [2.05, 4.69) is 17.0 Å². The number of ether oxygens (including phenoxy) is 3. The van der Waals surface area contributed by atoms with Gasteiger partial charge in [-0.15, -0.1) is 12.4 Å². The lowest BCUT2D eigenvalue weighted by Gasteiger charge is -2.47. The Labute approximate surface area is 141 Å². The minimum atomic E-state index is -0.458. The first-order valence-corrected chi connectivity index (χ1v) is 7.84. The number of benzene rings is 1. The first-order chi connectivity index (χ1) is 10.8. The summed E-state index contributed by atoms with van der Waals surface area (Å²) in [6.45, 7) is 2.09. The smallest absolute Gasteiger partial charge is 0.231 e. The van der Waals surface area contributed by atoms with Crippen molar-refractivity contribution in [1.82, 2.24) is 4.90 Å². The maximum absolute atomic E-state index is 10.8. The van der Waals surface area contributed by atoms with Crippen LogP contribution in [0, 0.1) is 0 Å². The normalized spacial score (nSPS) is 35.3. The highest BCUT2D eigenvalue weighted by Crippen LogP contribution is 2.57. The van der Waals surface area contributed by atoms with E-state index in [0.717, 1.165) is 43.0 Å². The highest BCUT2D eigenvalue weighted by atomic mass is 35.5. The van der Waals surface area contributed by atoms with E-state index in [0.29, 0.717) is 11.8 Å². The fourth-order valence-corrected chi connectivity index (χ4v) is 4.89. The molecule has 1 saturated heterocycles. The predicted octanol–water partition coefficient (Wildman–Crippen LogP) is 1.99. The highest BCUT2D eigenvalue weighted by Gasteiger charge is 2.57. The van der Waals surface area contributed by atoms with Gasteiger partial charge >= 0.3 is 0 Å². The fraction of sp³-hybridized carbons (Fsp3) is 0.529. The van der Waals surface area contributed by atoms with Crippen LogP contribution in [0.3, 0.4) is 0 Å². The summed E-state index contributed by atoms with van der Waals surface area (Å²) in [5, 5.41) is 10.8. The summed E-state index contributed by atoms with van der Waals surface area (Å²) >= 11 is 0. The second kappa shape index (κ2) is 5.03. The van der Waals surface area contributed by atoms with E-state index in [9.17, 15) is 5.11 Å². The van der Waals surface area contributed by atoms with Gasteiger partial charge in [0.1, 0.15) is 0 Å². The van der Waals surface area contributed by atoms with E-state index >= 15 is 0 Å². The van der Waals surface area contributed by atoms with E-state index < -0.39 is 6.10 Å². The lowest BCUT2D eigenvalue weighted by molar-refractivity contribution is 0.0627. The van der Waals surface area contributed by atoms with E-state index in [4.69, 9.17) is 14.2 Å². The predicted molar refractivity (Wildman–Crippen MR) is 86.6 cm³/mol. The molecule has 1 aromatic carbocycles. The van der Waals surface area contributed by atoms with Crippen LogP contribution in [0.15, 0.2) is 18.2 Å². The van der Waals surface area contributed by atoms with Crippen molar-refractivity contribution < 1.29 is 19.3 Å². The third-order valence-electron chi connectivity index (χ3n) is 5.84.